The Morgan fingerprint density at radius 1 is 1.12 bits per heavy atom. The Morgan fingerprint density at radius 2 is 1.97 bits per heavy atom. The van der Waals surface area contributed by atoms with Crippen molar-refractivity contribution in [2.75, 3.05) is 6.61 Å². The number of fused-ring (bicyclic) bond motifs is 2. The van der Waals surface area contributed by atoms with Gasteiger partial charge in [0.05, 0.1) is 12.2 Å². The Kier molecular flexibility index (Phi) is 5.14. The van der Waals surface area contributed by atoms with Gasteiger partial charge in [0.1, 0.15) is 34.2 Å². The van der Waals surface area contributed by atoms with Gasteiger partial charge < -0.3 is 18.6 Å². The highest BCUT2D eigenvalue weighted by Gasteiger charge is 2.28. The first-order chi connectivity index (χ1) is 16.0. The van der Waals surface area contributed by atoms with Gasteiger partial charge in [-0.05, 0) is 61.9 Å². The smallest absolute Gasteiger partial charge is 0.347 e. The normalized spacial score (nSPS) is 13.8. The van der Waals surface area contributed by atoms with Gasteiger partial charge in [-0.1, -0.05) is 6.07 Å². The fourth-order valence-electron chi connectivity index (χ4n) is 3.71. The first-order valence-corrected chi connectivity index (χ1v) is 10.4. The van der Waals surface area contributed by atoms with Gasteiger partial charge in [-0.3, -0.25) is 9.78 Å². The molecular weight excluding hydrogens is 422 g/mol. The van der Waals surface area contributed by atoms with Gasteiger partial charge in [-0.2, -0.15) is 0 Å². The van der Waals surface area contributed by atoms with Crippen LogP contribution in [0, 0.1) is 6.92 Å². The number of allylic oxidation sites excluding steroid dienone is 1. The first-order valence-electron chi connectivity index (χ1n) is 10.4. The molecule has 7 heteroatoms. The third kappa shape index (κ3) is 3.85. The summed E-state index contributed by atoms with van der Waals surface area (Å²) in [6.45, 7) is 4.10. The maximum atomic E-state index is 13.0. The molecule has 0 fully saturated rings. The molecule has 2 aromatic heterocycles. The van der Waals surface area contributed by atoms with Gasteiger partial charge in [-0.15, -0.1) is 0 Å². The summed E-state index contributed by atoms with van der Waals surface area (Å²) in [6, 6.07) is 13.6. The average Bonchev–Trinajstić information content (AvgIpc) is 3.30. The van der Waals surface area contributed by atoms with Crippen molar-refractivity contribution in [1.82, 2.24) is 4.98 Å². The number of ether oxygens (including phenoxy) is 3. The Labute approximate surface area is 189 Å². The molecule has 1 aliphatic heterocycles. The van der Waals surface area contributed by atoms with E-state index in [1.165, 1.54) is 6.07 Å². The van der Waals surface area contributed by atoms with Crippen molar-refractivity contribution in [2.45, 2.75) is 13.8 Å². The number of ketones is 1. The number of carbonyl (C=O) groups excluding carboxylic acids is 2. The van der Waals surface area contributed by atoms with E-state index in [1.54, 1.807) is 61.8 Å². The van der Waals surface area contributed by atoms with Crippen molar-refractivity contribution < 1.29 is 28.2 Å². The number of esters is 1. The summed E-state index contributed by atoms with van der Waals surface area (Å²) in [5.74, 6) is 1.02. The van der Waals surface area contributed by atoms with E-state index in [4.69, 9.17) is 18.6 Å². The molecule has 1 aliphatic rings. The molecule has 0 unspecified atom stereocenters. The molecule has 7 nitrogen and oxygen atoms in total. The highest BCUT2D eigenvalue weighted by Crippen LogP contribution is 2.36. The zero-order valence-corrected chi connectivity index (χ0v) is 18.0. The summed E-state index contributed by atoms with van der Waals surface area (Å²) < 4.78 is 22.6. The van der Waals surface area contributed by atoms with Crippen LogP contribution < -0.4 is 14.2 Å². The molecule has 5 rings (SSSR count). The Balaban J connectivity index is 1.41. The number of benzene rings is 2. The number of carbonyl (C=O) groups is 2. The van der Waals surface area contributed by atoms with Gasteiger partial charge in [0.15, 0.2) is 5.76 Å². The minimum atomic E-state index is -0.574. The van der Waals surface area contributed by atoms with E-state index in [-0.39, 0.29) is 17.3 Å². The number of hydrogen-bond donors (Lipinski definition) is 0. The number of aryl methyl sites for hydroxylation is 1. The Hall–Kier alpha value is -4.39. The lowest BCUT2D eigenvalue weighted by Gasteiger charge is -2.06. The summed E-state index contributed by atoms with van der Waals surface area (Å²) >= 11 is 0. The Morgan fingerprint density at radius 3 is 2.76 bits per heavy atom. The molecule has 3 heterocycles. The van der Waals surface area contributed by atoms with Crippen LogP contribution in [0.1, 0.15) is 39.0 Å². The van der Waals surface area contributed by atoms with E-state index >= 15 is 0 Å². The van der Waals surface area contributed by atoms with E-state index in [9.17, 15) is 9.59 Å². The molecule has 0 spiro atoms. The number of aromatic nitrogens is 1. The van der Waals surface area contributed by atoms with E-state index < -0.39 is 5.97 Å². The number of furan rings is 1. The van der Waals surface area contributed by atoms with Gasteiger partial charge in [0.25, 0.3) is 0 Å². The third-order valence-electron chi connectivity index (χ3n) is 5.18. The van der Waals surface area contributed by atoms with Crippen LogP contribution in [0.4, 0.5) is 0 Å². The molecule has 2 aromatic carbocycles. The van der Waals surface area contributed by atoms with Crippen molar-refractivity contribution in [1.29, 1.82) is 0 Å². The monoisotopic (exact) mass is 441 g/mol. The summed E-state index contributed by atoms with van der Waals surface area (Å²) in [6.07, 6.45) is 4.91. The number of rotatable bonds is 5. The number of pyridine rings is 1. The molecule has 0 atom stereocenters. The lowest BCUT2D eigenvalue weighted by atomic mass is 10.1. The van der Waals surface area contributed by atoms with Crippen LogP contribution in [0.3, 0.4) is 0 Å². The predicted molar refractivity (Wildman–Crippen MR) is 121 cm³/mol. The molecule has 0 N–H and O–H groups in total. The minimum absolute atomic E-state index is 0.182. The second-order valence-corrected chi connectivity index (χ2v) is 7.40. The summed E-state index contributed by atoms with van der Waals surface area (Å²) in [7, 11) is 0. The van der Waals surface area contributed by atoms with Gasteiger partial charge in [0, 0.05) is 23.8 Å². The molecule has 0 saturated carbocycles. The molecule has 164 valence electrons. The van der Waals surface area contributed by atoms with Crippen LogP contribution in [0.2, 0.25) is 0 Å². The molecule has 0 radical (unpaired) electrons. The second kappa shape index (κ2) is 8.27. The van der Waals surface area contributed by atoms with Crippen LogP contribution in [0.25, 0.3) is 17.0 Å². The van der Waals surface area contributed by atoms with Gasteiger partial charge in [-0.25, -0.2) is 4.79 Å². The number of nitrogens with zero attached hydrogens (tertiary/aromatic N) is 1. The van der Waals surface area contributed by atoms with E-state index in [2.05, 4.69) is 4.98 Å². The quantitative estimate of drug-likeness (QED) is 0.234. The molecule has 0 amide bonds. The fourth-order valence-corrected chi connectivity index (χ4v) is 3.71. The number of Topliss-reactive ketones (excluding diaryl/α,β-unsaturated/α-hetero) is 1. The maximum absolute atomic E-state index is 13.0. The van der Waals surface area contributed by atoms with E-state index in [0.29, 0.717) is 46.0 Å². The third-order valence-corrected chi connectivity index (χ3v) is 5.18. The zero-order chi connectivity index (χ0) is 22.9. The predicted octanol–water partition coefficient (Wildman–Crippen LogP) is 5.37. The standard InChI is InChI=1S/C26H19NO6/c1-3-30-17-7-9-21-20(12-17)24(15(2)31-21)26(29)32-18-6-8-19-22(13-18)33-23(25(19)28)11-16-5-4-10-27-14-16/h4-14H,3H2,1-2H3/b23-11-. The minimum Gasteiger partial charge on any atom is -0.494 e. The molecule has 0 aliphatic carbocycles. The molecular formula is C26H19NO6. The van der Waals surface area contributed by atoms with Gasteiger partial charge >= 0.3 is 5.97 Å². The van der Waals surface area contributed by atoms with Crippen LogP contribution in [-0.4, -0.2) is 23.3 Å². The molecule has 4 aromatic rings. The largest absolute Gasteiger partial charge is 0.494 e. The van der Waals surface area contributed by atoms with E-state index in [0.717, 1.165) is 5.56 Å². The fraction of sp³-hybridized carbons (Fsp3) is 0.115. The number of hydrogen-bond acceptors (Lipinski definition) is 7. The van der Waals surface area contributed by atoms with Crippen LogP contribution in [0.5, 0.6) is 17.2 Å². The maximum Gasteiger partial charge on any atom is 0.347 e. The molecule has 33 heavy (non-hydrogen) atoms. The zero-order valence-electron chi connectivity index (χ0n) is 18.0. The van der Waals surface area contributed by atoms with Crippen molar-refractivity contribution >= 4 is 28.8 Å². The lowest BCUT2D eigenvalue weighted by Crippen LogP contribution is -2.09. The van der Waals surface area contributed by atoms with Crippen LogP contribution in [-0.2, 0) is 0 Å². The summed E-state index contributed by atoms with van der Waals surface area (Å²) in [5, 5.41) is 0.609. The van der Waals surface area contributed by atoms with E-state index in [1.807, 2.05) is 13.0 Å². The average molecular weight is 441 g/mol. The SMILES string of the molecule is CCOc1ccc2oc(C)c(C(=O)Oc3ccc4c(c3)O/C(=C\c3cccnc3)C4=O)c2c1. The van der Waals surface area contributed by atoms with Crippen LogP contribution >= 0.6 is 0 Å². The first kappa shape index (κ1) is 20.5. The topological polar surface area (TPSA) is 87.9 Å². The summed E-state index contributed by atoms with van der Waals surface area (Å²) in [4.78, 5) is 29.7. The Bertz CT molecular complexity index is 1420. The van der Waals surface area contributed by atoms with Crippen molar-refractivity contribution in [3.8, 4) is 17.2 Å². The van der Waals surface area contributed by atoms with Crippen molar-refractivity contribution in [3.63, 3.8) is 0 Å². The second-order valence-electron chi connectivity index (χ2n) is 7.40. The molecule has 0 bridgehead atoms. The highest BCUT2D eigenvalue weighted by atomic mass is 16.5. The van der Waals surface area contributed by atoms with Crippen molar-refractivity contribution in [3.05, 3.63) is 89.1 Å². The lowest BCUT2D eigenvalue weighted by molar-refractivity contribution is 0.0734. The van der Waals surface area contributed by atoms with Gasteiger partial charge in [0.2, 0.25) is 5.78 Å². The molecule has 0 saturated heterocycles. The highest BCUT2D eigenvalue weighted by molar-refractivity contribution is 6.14. The summed E-state index contributed by atoms with van der Waals surface area (Å²) in [5.41, 5.74) is 2.03. The van der Waals surface area contributed by atoms with Crippen molar-refractivity contribution in [2.24, 2.45) is 0 Å². The van der Waals surface area contributed by atoms with Crippen LogP contribution in [0.15, 0.2) is 71.1 Å².